The fourth-order valence-electron chi connectivity index (χ4n) is 1.20. The molecule has 0 aromatic heterocycles. The highest BCUT2D eigenvalue weighted by Crippen LogP contribution is 2.21. The number of thioether (sulfide) groups is 1. The molecule has 1 aliphatic heterocycles. The first-order chi connectivity index (χ1) is 6.25. The van der Waals surface area contributed by atoms with Crippen LogP contribution in [0.5, 0.6) is 0 Å². The average molecular weight is 192 g/mol. The van der Waals surface area contributed by atoms with E-state index >= 15 is 0 Å². The zero-order chi connectivity index (χ0) is 9.26. The van der Waals surface area contributed by atoms with Gasteiger partial charge in [-0.1, -0.05) is 41.6 Å². The van der Waals surface area contributed by atoms with Crippen molar-refractivity contribution in [2.45, 2.75) is 6.92 Å². The topological polar surface area (TPSA) is 15.6 Å². The lowest BCUT2D eigenvalue weighted by atomic mass is 10.2. The Kier molecular flexibility index (Phi) is 2.27. The molecule has 2 rings (SSSR count). The highest BCUT2D eigenvalue weighted by Gasteiger charge is 2.12. The molecule has 0 saturated carbocycles. The number of benzene rings is 1. The van der Waals surface area contributed by atoms with Gasteiger partial charge in [-0.25, -0.2) is 0 Å². The molecule has 0 amide bonds. The van der Waals surface area contributed by atoms with Gasteiger partial charge in [-0.3, -0.25) is 5.01 Å². The van der Waals surface area contributed by atoms with Gasteiger partial charge in [0, 0.05) is 12.6 Å². The van der Waals surface area contributed by atoms with Gasteiger partial charge in [0.05, 0.1) is 5.88 Å². The van der Waals surface area contributed by atoms with E-state index in [0.29, 0.717) is 0 Å². The molecule has 1 aliphatic rings. The summed E-state index contributed by atoms with van der Waals surface area (Å²) in [6.45, 7) is 2.10. The maximum atomic E-state index is 4.40. The van der Waals surface area contributed by atoms with E-state index in [1.54, 1.807) is 11.8 Å². The largest absolute Gasteiger partial charge is 0.289 e. The van der Waals surface area contributed by atoms with Crippen molar-refractivity contribution in [3.05, 3.63) is 35.4 Å². The predicted molar refractivity (Wildman–Crippen MR) is 57.9 cm³/mol. The van der Waals surface area contributed by atoms with Crippen LogP contribution in [0.3, 0.4) is 0 Å². The third-order valence-corrected chi connectivity index (χ3v) is 3.04. The van der Waals surface area contributed by atoms with Gasteiger partial charge in [0.15, 0.2) is 0 Å². The summed E-state index contributed by atoms with van der Waals surface area (Å²) >= 11 is 1.79. The Morgan fingerprint density at radius 1 is 1.31 bits per heavy atom. The highest BCUT2D eigenvalue weighted by atomic mass is 32.2. The van der Waals surface area contributed by atoms with Crippen molar-refractivity contribution in [3.63, 3.8) is 0 Å². The first-order valence-electron chi connectivity index (χ1n) is 4.25. The van der Waals surface area contributed by atoms with Crippen LogP contribution in [0.25, 0.3) is 0 Å². The molecule has 1 heterocycles. The van der Waals surface area contributed by atoms with Crippen LogP contribution < -0.4 is 0 Å². The number of hydrogen-bond acceptors (Lipinski definition) is 3. The van der Waals surface area contributed by atoms with Gasteiger partial charge in [-0.15, -0.1) is 0 Å². The lowest BCUT2D eigenvalue weighted by molar-refractivity contribution is 0.430. The van der Waals surface area contributed by atoms with E-state index in [1.807, 2.05) is 12.1 Å². The maximum Gasteiger partial charge on any atom is 0.125 e. The number of nitrogens with zero attached hydrogens (tertiary/aromatic N) is 2. The molecule has 0 fully saturated rings. The van der Waals surface area contributed by atoms with Gasteiger partial charge in [-0.2, -0.15) is 5.10 Å². The SMILES string of the molecule is Cc1ccc(C2=NN(C)CS2)cc1. The van der Waals surface area contributed by atoms with E-state index in [0.717, 1.165) is 10.9 Å². The van der Waals surface area contributed by atoms with Crippen LogP contribution in [0.1, 0.15) is 11.1 Å². The van der Waals surface area contributed by atoms with E-state index in [9.17, 15) is 0 Å². The summed E-state index contributed by atoms with van der Waals surface area (Å²) in [5.41, 5.74) is 2.51. The van der Waals surface area contributed by atoms with Gasteiger partial charge < -0.3 is 0 Å². The summed E-state index contributed by atoms with van der Waals surface area (Å²) in [4.78, 5) is 0. The van der Waals surface area contributed by atoms with Gasteiger partial charge in [-0.05, 0) is 6.92 Å². The standard InChI is InChI=1S/C10H12N2S/c1-8-3-5-9(6-4-8)10-11-12(2)7-13-10/h3-6H,7H2,1-2H3. The lowest BCUT2D eigenvalue weighted by Crippen LogP contribution is -2.02. The molecule has 0 aliphatic carbocycles. The van der Waals surface area contributed by atoms with Crippen molar-refractivity contribution in [2.75, 3.05) is 12.9 Å². The second-order valence-electron chi connectivity index (χ2n) is 3.20. The first kappa shape index (κ1) is 8.63. The van der Waals surface area contributed by atoms with Gasteiger partial charge in [0.1, 0.15) is 5.04 Å². The van der Waals surface area contributed by atoms with E-state index in [1.165, 1.54) is 11.1 Å². The second kappa shape index (κ2) is 3.42. The van der Waals surface area contributed by atoms with Crippen molar-refractivity contribution >= 4 is 16.8 Å². The Bertz CT molecular complexity index is 329. The molecule has 0 atom stereocenters. The Labute approximate surface area is 82.6 Å². The van der Waals surface area contributed by atoms with Crippen LogP contribution in [0.15, 0.2) is 29.4 Å². The van der Waals surface area contributed by atoms with Crippen molar-refractivity contribution in [3.8, 4) is 0 Å². The molecule has 13 heavy (non-hydrogen) atoms. The molecule has 0 radical (unpaired) electrons. The number of rotatable bonds is 1. The molecule has 0 saturated heterocycles. The van der Waals surface area contributed by atoms with Crippen LogP contribution in [0.4, 0.5) is 0 Å². The van der Waals surface area contributed by atoms with Crippen LogP contribution >= 0.6 is 11.8 Å². The summed E-state index contributed by atoms with van der Waals surface area (Å²) in [5.74, 6) is 0.962. The third-order valence-electron chi connectivity index (χ3n) is 1.95. The van der Waals surface area contributed by atoms with E-state index in [2.05, 4.69) is 36.3 Å². The minimum Gasteiger partial charge on any atom is -0.289 e. The van der Waals surface area contributed by atoms with Crippen LogP contribution in [-0.4, -0.2) is 23.0 Å². The Hall–Kier alpha value is -0.960. The quantitative estimate of drug-likeness (QED) is 0.678. The smallest absolute Gasteiger partial charge is 0.125 e. The summed E-state index contributed by atoms with van der Waals surface area (Å²) in [6, 6.07) is 8.49. The summed E-state index contributed by atoms with van der Waals surface area (Å²) < 4.78 is 0. The number of hydrogen-bond donors (Lipinski definition) is 0. The predicted octanol–water partition coefficient (Wildman–Crippen LogP) is 2.29. The molecule has 2 nitrogen and oxygen atoms in total. The fraction of sp³-hybridized carbons (Fsp3) is 0.300. The van der Waals surface area contributed by atoms with Crippen LogP contribution in [0, 0.1) is 6.92 Å². The van der Waals surface area contributed by atoms with E-state index in [4.69, 9.17) is 0 Å². The molecule has 68 valence electrons. The van der Waals surface area contributed by atoms with Crippen LogP contribution in [-0.2, 0) is 0 Å². The summed E-state index contributed by atoms with van der Waals surface area (Å²) in [7, 11) is 1.99. The Morgan fingerprint density at radius 2 is 2.00 bits per heavy atom. The van der Waals surface area contributed by atoms with Crippen LogP contribution in [0.2, 0.25) is 0 Å². The van der Waals surface area contributed by atoms with Crippen molar-refractivity contribution in [1.29, 1.82) is 0 Å². The molecule has 1 aromatic carbocycles. The van der Waals surface area contributed by atoms with Crippen molar-refractivity contribution < 1.29 is 0 Å². The molecule has 0 bridgehead atoms. The summed E-state index contributed by atoms with van der Waals surface area (Å²) in [5, 5.41) is 7.49. The molecular weight excluding hydrogens is 180 g/mol. The van der Waals surface area contributed by atoms with Gasteiger partial charge >= 0.3 is 0 Å². The first-order valence-corrected chi connectivity index (χ1v) is 5.24. The van der Waals surface area contributed by atoms with Crippen molar-refractivity contribution in [1.82, 2.24) is 5.01 Å². The molecule has 3 heteroatoms. The monoisotopic (exact) mass is 192 g/mol. The maximum absolute atomic E-state index is 4.40. The van der Waals surface area contributed by atoms with E-state index in [-0.39, 0.29) is 0 Å². The average Bonchev–Trinajstić information content (AvgIpc) is 2.53. The lowest BCUT2D eigenvalue weighted by Gasteiger charge is -1.99. The molecule has 1 aromatic rings. The Morgan fingerprint density at radius 3 is 2.54 bits per heavy atom. The molecule has 0 unspecified atom stereocenters. The zero-order valence-corrected chi connectivity index (χ0v) is 8.64. The Balaban J connectivity index is 2.26. The fourth-order valence-corrected chi connectivity index (χ4v) is 2.07. The normalized spacial score (nSPS) is 16.2. The summed E-state index contributed by atoms with van der Waals surface area (Å²) in [6.07, 6.45) is 0. The minimum absolute atomic E-state index is 0.962. The molecular formula is C10H12N2S. The van der Waals surface area contributed by atoms with Gasteiger partial charge in [0.2, 0.25) is 0 Å². The third kappa shape index (κ3) is 1.86. The molecule has 0 spiro atoms. The minimum atomic E-state index is 0.962. The van der Waals surface area contributed by atoms with Gasteiger partial charge in [0.25, 0.3) is 0 Å². The number of hydrazone groups is 1. The number of aryl methyl sites for hydroxylation is 1. The van der Waals surface area contributed by atoms with Crippen molar-refractivity contribution in [2.24, 2.45) is 5.10 Å². The molecule has 0 N–H and O–H groups in total. The van der Waals surface area contributed by atoms with E-state index < -0.39 is 0 Å². The second-order valence-corrected chi connectivity index (χ2v) is 4.14. The zero-order valence-electron chi connectivity index (χ0n) is 7.82. The highest BCUT2D eigenvalue weighted by molar-refractivity contribution is 8.14.